The quantitative estimate of drug-likeness (QED) is 0.574. The highest BCUT2D eigenvalue weighted by molar-refractivity contribution is 9.10. The van der Waals surface area contributed by atoms with Crippen LogP contribution in [0, 0.1) is 11.6 Å². The van der Waals surface area contributed by atoms with Gasteiger partial charge in [0.2, 0.25) is 0 Å². The zero-order valence-corrected chi connectivity index (χ0v) is 17.0. The molecule has 27 heavy (non-hydrogen) atoms. The molecule has 10 heteroatoms. The molecule has 1 aliphatic rings. The van der Waals surface area contributed by atoms with E-state index < -0.39 is 27.4 Å². The first-order chi connectivity index (χ1) is 12.6. The lowest BCUT2D eigenvalue weighted by Gasteiger charge is -2.19. The van der Waals surface area contributed by atoms with Crippen LogP contribution < -0.4 is 19.5 Å². The third kappa shape index (κ3) is 4.88. The zero-order chi connectivity index (χ0) is 19.8. The van der Waals surface area contributed by atoms with Gasteiger partial charge in [-0.15, -0.1) is 0 Å². The number of methoxy groups -OCH3 is 1. The van der Waals surface area contributed by atoms with Crippen molar-refractivity contribution in [3.8, 4) is 5.75 Å². The summed E-state index contributed by atoms with van der Waals surface area (Å²) in [5.74, 6) is -1.30. The smallest absolute Gasteiger partial charge is 0.299 e. The topological polar surface area (TPSA) is 79.5 Å². The predicted molar refractivity (Wildman–Crippen MR) is 104 cm³/mol. The summed E-state index contributed by atoms with van der Waals surface area (Å²) in [5.41, 5.74) is -0.462. The summed E-state index contributed by atoms with van der Waals surface area (Å²) in [6.45, 7) is 1.78. The highest BCUT2D eigenvalue weighted by Gasteiger charge is 2.41. The third-order valence-corrected chi connectivity index (χ3v) is 5.83. The van der Waals surface area contributed by atoms with Gasteiger partial charge in [0, 0.05) is 16.1 Å². The number of ether oxygens (including phenoxy) is 1. The third-order valence-electron chi connectivity index (χ3n) is 4.10. The molecule has 0 heterocycles. The van der Waals surface area contributed by atoms with Crippen LogP contribution in [0.15, 0.2) is 34.8 Å². The monoisotopic (exact) mass is 461 g/mol. The molecule has 3 rings (SSSR count). The molecule has 6 nitrogen and oxygen atoms in total. The Balaban J connectivity index is 1.98. The molecular formula is C17H18BrF2N3O3S. The van der Waals surface area contributed by atoms with Crippen LogP contribution in [0.1, 0.15) is 19.8 Å². The van der Waals surface area contributed by atoms with E-state index in [0.717, 1.165) is 25.0 Å². The van der Waals surface area contributed by atoms with Crippen LogP contribution in [0.2, 0.25) is 0 Å². The summed E-state index contributed by atoms with van der Waals surface area (Å²) < 4.78 is 63.5. The second kappa shape index (κ2) is 7.25. The van der Waals surface area contributed by atoms with E-state index in [-0.39, 0.29) is 22.8 Å². The van der Waals surface area contributed by atoms with Crippen molar-refractivity contribution in [2.45, 2.75) is 25.3 Å². The Morgan fingerprint density at radius 3 is 2.44 bits per heavy atom. The van der Waals surface area contributed by atoms with Crippen LogP contribution in [-0.4, -0.2) is 21.1 Å². The molecule has 0 bridgehead atoms. The molecule has 0 aliphatic heterocycles. The lowest BCUT2D eigenvalue weighted by Crippen LogP contribution is -2.38. The van der Waals surface area contributed by atoms with Gasteiger partial charge in [0.05, 0.1) is 18.5 Å². The van der Waals surface area contributed by atoms with Crippen molar-refractivity contribution >= 4 is 43.2 Å². The maximum Gasteiger partial charge on any atom is 0.299 e. The van der Waals surface area contributed by atoms with Crippen molar-refractivity contribution in [2.24, 2.45) is 0 Å². The van der Waals surface area contributed by atoms with E-state index in [1.54, 1.807) is 13.0 Å². The average Bonchev–Trinajstić information content (AvgIpc) is 3.27. The number of benzene rings is 2. The highest BCUT2D eigenvalue weighted by Crippen LogP contribution is 2.39. The van der Waals surface area contributed by atoms with Crippen LogP contribution in [-0.2, 0) is 10.2 Å². The van der Waals surface area contributed by atoms with Crippen molar-refractivity contribution in [3.05, 3.63) is 46.4 Å². The van der Waals surface area contributed by atoms with Gasteiger partial charge in [-0.1, -0.05) is 15.9 Å². The summed E-state index contributed by atoms with van der Waals surface area (Å²) in [7, 11) is -2.67. The summed E-state index contributed by atoms with van der Waals surface area (Å²) >= 11 is 3.16. The minimum Gasteiger partial charge on any atom is -0.494 e. The van der Waals surface area contributed by atoms with E-state index in [2.05, 4.69) is 30.7 Å². The Kier molecular flexibility index (Phi) is 5.33. The molecule has 1 saturated carbocycles. The zero-order valence-electron chi connectivity index (χ0n) is 14.6. The Bertz CT molecular complexity index is 982. The van der Waals surface area contributed by atoms with E-state index in [1.165, 1.54) is 19.2 Å². The fourth-order valence-electron chi connectivity index (χ4n) is 2.46. The van der Waals surface area contributed by atoms with E-state index in [1.807, 2.05) is 0 Å². The van der Waals surface area contributed by atoms with E-state index in [0.29, 0.717) is 4.47 Å². The molecular weight excluding hydrogens is 444 g/mol. The molecule has 1 aliphatic carbocycles. The summed E-state index contributed by atoms with van der Waals surface area (Å²) in [6.07, 6.45) is 1.45. The van der Waals surface area contributed by atoms with Crippen molar-refractivity contribution in [1.29, 1.82) is 0 Å². The Morgan fingerprint density at radius 1 is 1.15 bits per heavy atom. The first kappa shape index (κ1) is 19.8. The molecule has 3 N–H and O–H groups in total. The van der Waals surface area contributed by atoms with Crippen LogP contribution in [0.25, 0.3) is 0 Å². The van der Waals surface area contributed by atoms with Gasteiger partial charge in [-0.3, -0.25) is 4.72 Å². The molecule has 0 amide bonds. The minimum atomic E-state index is -3.95. The van der Waals surface area contributed by atoms with Gasteiger partial charge >= 0.3 is 0 Å². The van der Waals surface area contributed by atoms with Crippen molar-refractivity contribution < 1.29 is 21.9 Å². The van der Waals surface area contributed by atoms with Crippen molar-refractivity contribution in [2.75, 3.05) is 17.1 Å². The van der Waals surface area contributed by atoms with Gasteiger partial charge < -0.3 is 10.1 Å². The SMILES string of the molecule is COc1cc(F)cc(Nc2ccc(Br)cc2F)c1NS(=O)(=O)NC1(C)CC1. The van der Waals surface area contributed by atoms with Crippen molar-refractivity contribution in [3.63, 3.8) is 0 Å². The lowest BCUT2D eigenvalue weighted by molar-refractivity contribution is 0.413. The van der Waals surface area contributed by atoms with Gasteiger partial charge in [0.15, 0.2) is 0 Å². The number of anilines is 3. The maximum absolute atomic E-state index is 14.2. The minimum absolute atomic E-state index is 0.0133. The Labute approximate surface area is 164 Å². The van der Waals surface area contributed by atoms with E-state index in [9.17, 15) is 17.2 Å². The molecule has 0 radical (unpaired) electrons. The highest BCUT2D eigenvalue weighted by atomic mass is 79.9. The first-order valence-corrected chi connectivity index (χ1v) is 10.3. The van der Waals surface area contributed by atoms with Gasteiger partial charge in [0.1, 0.15) is 23.1 Å². The molecule has 0 spiro atoms. The Hall–Kier alpha value is -1.91. The summed E-state index contributed by atoms with van der Waals surface area (Å²) in [5, 5.41) is 2.71. The van der Waals surface area contributed by atoms with Crippen LogP contribution in [0.5, 0.6) is 5.75 Å². The molecule has 146 valence electrons. The van der Waals surface area contributed by atoms with Crippen LogP contribution >= 0.6 is 15.9 Å². The normalized spacial score (nSPS) is 15.3. The average molecular weight is 462 g/mol. The lowest BCUT2D eigenvalue weighted by atomic mass is 10.2. The molecule has 2 aromatic rings. The molecule has 0 saturated heterocycles. The van der Waals surface area contributed by atoms with Gasteiger partial charge in [-0.05, 0) is 44.0 Å². The second-order valence-corrected chi connectivity index (χ2v) is 8.88. The second-order valence-electron chi connectivity index (χ2n) is 6.55. The van der Waals surface area contributed by atoms with Gasteiger partial charge in [-0.2, -0.15) is 13.1 Å². The number of rotatable bonds is 7. The number of hydrogen-bond donors (Lipinski definition) is 3. The molecule has 2 aromatic carbocycles. The fraction of sp³-hybridized carbons (Fsp3) is 0.294. The van der Waals surface area contributed by atoms with Crippen molar-refractivity contribution in [1.82, 2.24) is 4.72 Å². The van der Waals surface area contributed by atoms with Gasteiger partial charge in [-0.25, -0.2) is 8.78 Å². The summed E-state index contributed by atoms with van der Waals surface area (Å²) in [4.78, 5) is 0. The first-order valence-electron chi connectivity index (χ1n) is 8.02. The van der Waals surface area contributed by atoms with E-state index in [4.69, 9.17) is 4.74 Å². The molecule has 0 aromatic heterocycles. The Morgan fingerprint density at radius 2 is 1.85 bits per heavy atom. The number of nitrogens with one attached hydrogen (secondary N) is 3. The molecule has 0 unspecified atom stereocenters. The standard InChI is InChI=1S/C17H18BrF2N3O3S/c1-17(5-6-17)23-27(24,25)22-16-14(8-11(19)9-15(16)26-2)21-13-4-3-10(18)7-12(13)20/h3-4,7-9,21-23H,5-6H2,1-2H3. The number of hydrogen-bond acceptors (Lipinski definition) is 4. The van der Waals surface area contributed by atoms with E-state index >= 15 is 0 Å². The number of halogens is 3. The van der Waals surface area contributed by atoms with Crippen LogP contribution in [0.3, 0.4) is 0 Å². The van der Waals surface area contributed by atoms with Gasteiger partial charge in [0.25, 0.3) is 10.2 Å². The molecule has 0 atom stereocenters. The summed E-state index contributed by atoms with van der Waals surface area (Å²) in [6, 6.07) is 6.37. The maximum atomic E-state index is 14.2. The fourth-order valence-corrected chi connectivity index (χ4v) is 4.17. The predicted octanol–water partition coefficient (Wildman–Crippen LogP) is 4.28. The van der Waals surface area contributed by atoms with Crippen LogP contribution in [0.4, 0.5) is 25.8 Å². The largest absolute Gasteiger partial charge is 0.494 e. The molecule has 1 fully saturated rings.